The van der Waals surface area contributed by atoms with Crippen molar-refractivity contribution in [2.24, 2.45) is 5.92 Å². The zero-order chi connectivity index (χ0) is 14.7. The Bertz CT molecular complexity index is 604. The van der Waals surface area contributed by atoms with E-state index in [0.717, 1.165) is 18.2 Å². The molecule has 112 valence electrons. The monoisotopic (exact) mass is 283 g/mol. The standard InChI is InChI=1S/C19H25NO/c1-3-13-20-19(14-7-6-8-14)17-11-12-18(21-2)16-10-5-4-9-15(16)17/h4-5,9-12,14,19-20H,3,6-8,13H2,1-2H3. The van der Waals surface area contributed by atoms with Gasteiger partial charge in [-0.3, -0.25) is 0 Å². The van der Waals surface area contributed by atoms with Crippen LogP contribution in [-0.4, -0.2) is 13.7 Å². The van der Waals surface area contributed by atoms with Gasteiger partial charge < -0.3 is 10.1 Å². The van der Waals surface area contributed by atoms with Gasteiger partial charge in [0.25, 0.3) is 0 Å². The van der Waals surface area contributed by atoms with Gasteiger partial charge in [-0.25, -0.2) is 0 Å². The summed E-state index contributed by atoms with van der Waals surface area (Å²) >= 11 is 0. The first-order valence-corrected chi connectivity index (χ1v) is 8.14. The molecule has 1 saturated carbocycles. The summed E-state index contributed by atoms with van der Waals surface area (Å²) in [7, 11) is 1.75. The molecule has 2 aromatic rings. The lowest BCUT2D eigenvalue weighted by Gasteiger charge is -2.35. The molecule has 0 heterocycles. The van der Waals surface area contributed by atoms with Gasteiger partial charge in [0.15, 0.2) is 0 Å². The second-order valence-corrected chi connectivity index (χ2v) is 6.03. The van der Waals surface area contributed by atoms with E-state index < -0.39 is 0 Å². The summed E-state index contributed by atoms with van der Waals surface area (Å²) in [5.74, 6) is 1.76. The lowest BCUT2D eigenvalue weighted by atomic mass is 9.76. The Balaban J connectivity index is 2.04. The van der Waals surface area contributed by atoms with Crippen molar-refractivity contribution in [3.8, 4) is 5.75 Å². The van der Waals surface area contributed by atoms with Crippen LogP contribution >= 0.6 is 0 Å². The average molecular weight is 283 g/mol. The number of fused-ring (bicyclic) bond motifs is 1. The Morgan fingerprint density at radius 3 is 2.52 bits per heavy atom. The molecule has 2 aromatic carbocycles. The SMILES string of the molecule is CCCNC(c1ccc(OC)c2ccccc12)C1CCC1. The van der Waals surface area contributed by atoms with E-state index in [2.05, 4.69) is 48.6 Å². The van der Waals surface area contributed by atoms with Gasteiger partial charge in [-0.05, 0) is 48.7 Å². The summed E-state index contributed by atoms with van der Waals surface area (Å²) in [5, 5.41) is 6.33. The maximum atomic E-state index is 5.52. The Morgan fingerprint density at radius 2 is 1.90 bits per heavy atom. The first-order chi connectivity index (χ1) is 10.3. The van der Waals surface area contributed by atoms with E-state index in [9.17, 15) is 0 Å². The molecule has 0 amide bonds. The quantitative estimate of drug-likeness (QED) is 0.830. The Morgan fingerprint density at radius 1 is 1.14 bits per heavy atom. The van der Waals surface area contributed by atoms with Crippen molar-refractivity contribution >= 4 is 10.8 Å². The second kappa shape index (κ2) is 6.48. The highest BCUT2D eigenvalue weighted by Gasteiger charge is 2.29. The number of benzene rings is 2. The molecule has 1 fully saturated rings. The number of hydrogen-bond donors (Lipinski definition) is 1. The van der Waals surface area contributed by atoms with Crippen LogP contribution in [0.2, 0.25) is 0 Å². The highest BCUT2D eigenvalue weighted by Crippen LogP contribution is 2.41. The van der Waals surface area contributed by atoms with Crippen LogP contribution in [-0.2, 0) is 0 Å². The van der Waals surface area contributed by atoms with E-state index in [1.54, 1.807) is 7.11 Å². The molecule has 0 aliphatic heterocycles. The van der Waals surface area contributed by atoms with E-state index in [1.807, 2.05) is 0 Å². The summed E-state index contributed by atoms with van der Waals surface area (Å²) in [4.78, 5) is 0. The van der Waals surface area contributed by atoms with Crippen LogP contribution in [0.5, 0.6) is 5.75 Å². The largest absolute Gasteiger partial charge is 0.496 e. The van der Waals surface area contributed by atoms with Gasteiger partial charge in [0, 0.05) is 11.4 Å². The Kier molecular flexibility index (Phi) is 4.45. The number of rotatable bonds is 6. The molecule has 1 atom stereocenters. The van der Waals surface area contributed by atoms with Crippen LogP contribution in [0.4, 0.5) is 0 Å². The normalized spacial score (nSPS) is 16.7. The van der Waals surface area contributed by atoms with Crippen molar-refractivity contribution in [2.75, 3.05) is 13.7 Å². The molecule has 0 saturated heterocycles. The topological polar surface area (TPSA) is 21.3 Å². The second-order valence-electron chi connectivity index (χ2n) is 6.03. The van der Waals surface area contributed by atoms with Crippen LogP contribution in [0.3, 0.4) is 0 Å². The molecule has 0 spiro atoms. The van der Waals surface area contributed by atoms with E-state index >= 15 is 0 Å². The molecule has 2 nitrogen and oxygen atoms in total. The van der Waals surface area contributed by atoms with Crippen LogP contribution in [0.25, 0.3) is 10.8 Å². The van der Waals surface area contributed by atoms with Gasteiger partial charge in [-0.1, -0.05) is 43.7 Å². The predicted octanol–water partition coefficient (Wildman–Crippen LogP) is 4.69. The molecule has 3 rings (SSSR count). The molecule has 1 aliphatic rings. The van der Waals surface area contributed by atoms with E-state index in [4.69, 9.17) is 4.74 Å². The molecule has 2 heteroatoms. The minimum Gasteiger partial charge on any atom is -0.496 e. The van der Waals surface area contributed by atoms with Crippen LogP contribution in [0.15, 0.2) is 36.4 Å². The minimum absolute atomic E-state index is 0.481. The molecule has 1 N–H and O–H groups in total. The third-order valence-electron chi connectivity index (χ3n) is 4.71. The predicted molar refractivity (Wildman–Crippen MR) is 88.9 cm³/mol. The van der Waals surface area contributed by atoms with Crippen LogP contribution in [0.1, 0.15) is 44.2 Å². The maximum Gasteiger partial charge on any atom is 0.126 e. The van der Waals surface area contributed by atoms with Gasteiger partial charge in [-0.2, -0.15) is 0 Å². The zero-order valence-corrected chi connectivity index (χ0v) is 13.1. The lowest BCUT2D eigenvalue weighted by Crippen LogP contribution is -2.32. The molecule has 1 aliphatic carbocycles. The van der Waals surface area contributed by atoms with E-state index in [1.165, 1.54) is 42.0 Å². The van der Waals surface area contributed by atoms with Gasteiger partial charge in [-0.15, -0.1) is 0 Å². The van der Waals surface area contributed by atoms with Gasteiger partial charge in [0.2, 0.25) is 0 Å². The van der Waals surface area contributed by atoms with Crippen molar-refractivity contribution in [2.45, 2.75) is 38.6 Å². The number of hydrogen-bond acceptors (Lipinski definition) is 2. The highest BCUT2D eigenvalue weighted by atomic mass is 16.5. The first-order valence-electron chi connectivity index (χ1n) is 8.14. The summed E-state index contributed by atoms with van der Waals surface area (Å²) in [6.07, 6.45) is 5.25. The van der Waals surface area contributed by atoms with E-state index in [-0.39, 0.29) is 0 Å². The fourth-order valence-electron chi connectivity index (χ4n) is 3.35. The molecule has 0 bridgehead atoms. The third kappa shape index (κ3) is 2.77. The maximum absolute atomic E-state index is 5.52. The van der Waals surface area contributed by atoms with Crippen molar-refractivity contribution < 1.29 is 4.74 Å². The summed E-state index contributed by atoms with van der Waals surface area (Å²) in [6, 6.07) is 13.5. The molecule has 21 heavy (non-hydrogen) atoms. The lowest BCUT2D eigenvalue weighted by molar-refractivity contribution is 0.232. The molecular formula is C19H25NO. The van der Waals surface area contributed by atoms with Crippen molar-refractivity contribution in [1.29, 1.82) is 0 Å². The third-order valence-corrected chi connectivity index (χ3v) is 4.71. The van der Waals surface area contributed by atoms with Crippen molar-refractivity contribution in [1.82, 2.24) is 5.32 Å². The molecule has 1 unspecified atom stereocenters. The van der Waals surface area contributed by atoms with Gasteiger partial charge >= 0.3 is 0 Å². The van der Waals surface area contributed by atoms with Crippen LogP contribution < -0.4 is 10.1 Å². The van der Waals surface area contributed by atoms with Crippen molar-refractivity contribution in [3.63, 3.8) is 0 Å². The van der Waals surface area contributed by atoms with Gasteiger partial charge in [0.1, 0.15) is 5.75 Å². The minimum atomic E-state index is 0.481. The first kappa shape index (κ1) is 14.4. The number of methoxy groups -OCH3 is 1. The summed E-state index contributed by atoms with van der Waals surface area (Å²) < 4.78 is 5.52. The molecule has 0 aromatic heterocycles. The highest BCUT2D eigenvalue weighted by molar-refractivity contribution is 5.91. The molecular weight excluding hydrogens is 258 g/mol. The van der Waals surface area contributed by atoms with E-state index in [0.29, 0.717) is 6.04 Å². The average Bonchev–Trinajstić information content (AvgIpc) is 2.48. The Hall–Kier alpha value is -1.54. The molecule has 0 radical (unpaired) electrons. The van der Waals surface area contributed by atoms with Gasteiger partial charge in [0.05, 0.1) is 7.11 Å². The fraction of sp³-hybridized carbons (Fsp3) is 0.474. The summed E-state index contributed by atoms with van der Waals surface area (Å²) in [6.45, 7) is 3.32. The van der Waals surface area contributed by atoms with Crippen molar-refractivity contribution in [3.05, 3.63) is 42.0 Å². The zero-order valence-electron chi connectivity index (χ0n) is 13.1. The summed E-state index contributed by atoms with van der Waals surface area (Å²) in [5.41, 5.74) is 1.43. The van der Waals surface area contributed by atoms with Crippen LogP contribution in [0, 0.1) is 5.92 Å². The smallest absolute Gasteiger partial charge is 0.126 e. The number of ether oxygens (including phenoxy) is 1. The number of nitrogens with one attached hydrogen (secondary N) is 1. The fourth-order valence-corrected chi connectivity index (χ4v) is 3.35. The Labute approximate surface area is 127 Å².